The number of carbonyl (C=O) groups excluding carboxylic acids is 2. The van der Waals surface area contributed by atoms with E-state index in [4.69, 9.17) is 0 Å². The van der Waals surface area contributed by atoms with Crippen LogP contribution in [0.4, 0.5) is 4.79 Å². The fourth-order valence-corrected chi connectivity index (χ4v) is 3.07. The van der Waals surface area contributed by atoms with Crippen LogP contribution in [-0.4, -0.2) is 64.2 Å². The summed E-state index contributed by atoms with van der Waals surface area (Å²) < 4.78 is 0. The minimum atomic E-state index is -0.338. The maximum absolute atomic E-state index is 12.3. The summed E-state index contributed by atoms with van der Waals surface area (Å²) in [5, 5.41) is 9.08. The van der Waals surface area contributed by atoms with Crippen molar-refractivity contribution in [1.29, 1.82) is 0 Å². The van der Waals surface area contributed by atoms with Crippen molar-refractivity contribution in [2.24, 2.45) is 0 Å². The van der Waals surface area contributed by atoms with Gasteiger partial charge in [-0.05, 0) is 18.9 Å². The number of rotatable bonds is 2. The highest BCUT2D eigenvalue weighted by Gasteiger charge is 2.27. The summed E-state index contributed by atoms with van der Waals surface area (Å²) in [6.45, 7) is 1.96. The molecule has 0 spiro atoms. The Bertz CT molecular complexity index is 610. The van der Waals surface area contributed by atoms with E-state index in [2.05, 4.69) is 15.5 Å². The largest absolute Gasteiger partial charge is 0.335 e. The summed E-state index contributed by atoms with van der Waals surface area (Å²) in [5.41, 5.74) is -0.122. The minimum Gasteiger partial charge on any atom is -0.335 e. The zero-order valence-corrected chi connectivity index (χ0v) is 13.0. The van der Waals surface area contributed by atoms with Crippen molar-refractivity contribution < 1.29 is 9.59 Å². The SMILES string of the molecule is O=C(NC1CCCC1)N1CCN(C(=O)c2ccc(=O)[nH]n2)CC1. The highest BCUT2D eigenvalue weighted by Crippen LogP contribution is 2.18. The van der Waals surface area contributed by atoms with Crippen molar-refractivity contribution in [3.8, 4) is 0 Å². The van der Waals surface area contributed by atoms with Crippen molar-refractivity contribution in [2.75, 3.05) is 26.2 Å². The molecule has 2 fully saturated rings. The lowest BCUT2D eigenvalue weighted by Gasteiger charge is -2.35. The molecule has 1 saturated carbocycles. The summed E-state index contributed by atoms with van der Waals surface area (Å²) in [5.74, 6) is -0.225. The normalized spacial score (nSPS) is 19.0. The molecular weight excluding hydrogens is 298 g/mol. The monoisotopic (exact) mass is 319 g/mol. The molecule has 1 aromatic rings. The average Bonchev–Trinajstić information content (AvgIpc) is 3.08. The lowest BCUT2D eigenvalue weighted by Crippen LogP contribution is -2.54. The van der Waals surface area contributed by atoms with E-state index in [1.807, 2.05) is 0 Å². The molecule has 1 aromatic heterocycles. The number of nitrogens with one attached hydrogen (secondary N) is 2. The molecule has 8 nitrogen and oxygen atoms in total. The Balaban J connectivity index is 1.51. The molecule has 124 valence electrons. The third-order valence-electron chi connectivity index (χ3n) is 4.44. The van der Waals surface area contributed by atoms with Crippen LogP contribution in [0, 0.1) is 0 Å². The van der Waals surface area contributed by atoms with Crippen LogP contribution in [0.15, 0.2) is 16.9 Å². The lowest BCUT2D eigenvalue weighted by molar-refractivity contribution is 0.0656. The van der Waals surface area contributed by atoms with Crippen LogP contribution in [-0.2, 0) is 0 Å². The van der Waals surface area contributed by atoms with E-state index >= 15 is 0 Å². The van der Waals surface area contributed by atoms with E-state index in [1.165, 1.54) is 25.0 Å². The molecule has 1 saturated heterocycles. The molecule has 23 heavy (non-hydrogen) atoms. The predicted octanol–water partition coefficient (Wildman–Crippen LogP) is 0.180. The molecule has 2 aliphatic rings. The molecule has 0 atom stereocenters. The van der Waals surface area contributed by atoms with Crippen molar-refractivity contribution >= 4 is 11.9 Å². The Labute approximate surface area is 133 Å². The Morgan fingerprint density at radius 2 is 1.74 bits per heavy atom. The molecule has 2 heterocycles. The van der Waals surface area contributed by atoms with Crippen LogP contribution in [0.1, 0.15) is 36.2 Å². The van der Waals surface area contributed by atoms with Gasteiger partial charge in [0.25, 0.3) is 11.5 Å². The van der Waals surface area contributed by atoms with Crippen molar-refractivity contribution in [3.63, 3.8) is 0 Å². The highest BCUT2D eigenvalue weighted by atomic mass is 16.2. The molecule has 8 heteroatoms. The van der Waals surface area contributed by atoms with Gasteiger partial charge < -0.3 is 15.1 Å². The second kappa shape index (κ2) is 6.80. The number of hydrogen-bond donors (Lipinski definition) is 2. The molecule has 0 bridgehead atoms. The molecule has 1 aliphatic heterocycles. The standard InChI is InChI=1S/C15H21N5O3/c21-13-6-5-12(17-18-13)14(22)19-7-9-20(10-8-19)15(23)16-11-3-1-2-4-11/h5-6,11H,1-4,7-10H2,(H,16,23)(H,18,21). The van der Waals surface area contributed by atoms with E-state index < -0.39 is 0 Å². The van der Waals surface area contributed by atoms with Gasteiger partial charge in [-0.3, -0.25) is 9.59 Å². The zero-order chi connectivity index (χ0) is 16.2. The summed E-state index contributed by atoms with van der Waals surface area (Å²) in [4.78, 5) is 38.9. The number of aromatic amines is 1. The first-order valence-corrected chi connectivity index (χ1v) is 8.04. The van der Waals surface area contributed by atoms with Gasteiger partial charge in [-0.2, -0.15) is 5.10 Å². The van der Waals surface area contributed by atoms with Crippen LogP contribution in [0.25, 0.3) is 0 Å². The minimum absolute atomic E-state index is 0.0360. The predicted molar refractivity (Wildman–Crippen MR) is 83.1 cm³/mol. The van der Waals surface area contributed by atoms with Crippen LogP contribution < -0.4 is 10.9 Å². The smallest absolute Gasteiger partial charge is 0.317 e. The molecular formula is C15H21N5O3. The number of amides is 3. The Morgan fingerprint density at radius 1 is 1.09 bits per heavy atom. The quantitative estimate of drug-likeness (QED) is 0.812. The molecule has 0 radical (unpaired) electrons. The first-order chi connectivity index (χ1) is 11.1. The van der Waals surface area contributed by atoms with Crippen LogP contribution in [0.2, 0.25) is 0 Å². The van der Waals surface area contributed by atoms with Gasteiger partial charge in [0, 0.05) is 38.3 Å². The molecule has 0 unspecified atom stereocenters. The number of piperazine rings is 1. The van der Waals surface area contributed by atoms with E-state index in [0.717, 1.165) is 12.8 Å². The van der Waals surface area contributed by atoms with E-state index in [-0.39, 0.29) is 23.2 Å². The maximum Gasteiger partial charge on any atom is 0.317 e. The summed E-state index contributed by atoms with van der Waals surface area (Å²) in [6, 6.07) is 2.96. The Kier molecular flexibility index (Phi) is 4.59. The number of carbonyl (C=O) groups is 2. The average molecular weight is 319 g/mol. The second-order valence-corrected chi connectivity index (χ2v) is 6.02. The number of urea groups is 1. The lowest BCUT2D eigenvalue weighted by atomic mass is 10.2. The molecule has 2 N–H and O–H groups in total. The fraction of sp³-hybridized carbons (Fsp3) is 0.600. The van der Waals surface area contributed by atoms with Gasteiger partial charge in [-0.15, -0.1) is 0 Å². The van der Waals surface area contributed by atoms with E-state index in [0.29, 0.717) is 32.2 Å². The fourth-order valence-electron chi connectivity index (χ4n) is 3.07. The highest BCUT2D eigenvalue weighted by molar-refractivity contribution is 5.92. The summed E-state index contributed by atoms with van der Waals surface area (Å²) in [7, 11) is 0. The number of aromatic nitrogens is 2. The molecule has 3 amide bonds. The first-order valence-electron chi connectivity index (χ1n) is 8.04. The Morgan fingerprint density at radius 3 is 2.35 bits per heavy atom. The van der Waals surface area contributed by atoms with Gasteiger partial charge in [0.05, 0.1) is 0 Å². The molecule has 1 aliphatic carbocycles. The third-order valence-corrected chi connectivity index (χ3v) is 4.44. The molecule has 3 rings (SSSR count). The Hall–Kier alpha value is -2.38. The van der Waals surface area contributed by atoms with Gasteiger partial charge in [0.2, 0.25) is 0 Å². The van der Waals surface area contributed by atoms with Crippen molar-refractivity contribution in [1.82, 2.24) is 25.3 Å². The zero-order valence-electron chi connectivity index (χ0n) is 13.0. The number of nitrogens with zero attached hydrogens (tertiary/aromatic N) is 3. The number of hydrogen-bond acceptors (Lipinski definition) is 4. The maximum atomic E-state index is 12.3. The van der Waals surface area contributed by atoms with Crippen LogP contribution in [0.5, 0.6) is 0 Å². The summed E-state index contributed by atoms with van der Waals surface area (Å²) >= 11 is 0. The first kappa shape index (κ1) is 15.5. The third kappa shape index (κ3) is 3.69. The topological polar surface area (TPSA) is 98.4 Å². The van der Waals surface area contributed by atoms with Crippen molar-refractivity contribution in [3.05, 3.63) is 28.2 Å². The van der Waals surface area contributed by atoms with Crippen LogP contribution in [0.3, 0.4) is 0 Å². The van der Waals surface area contributed by atoms with E-state index in [9.17, 15) is 14.4 Å². The van der Waals surface area contributed by atoms with Gasteiger partial charge >= 0.3 is 6.03 Å². The van der Waals surface area contributed by atoms with Gasteiger partial charge in [-0.1, -0.05) is 12.8 Å². The van der Waals surface area contributed by atoms with Gasteiger partial charge in [-0.25, -0.2) is 9.89 Å². The van der Waals surface area contributed by atoms with Gasteiger partial charge in [0.1, 0.15) is 5.69 Å². The summed E-state index contributed by atoms with van der Waals surface area (Å²) in [6.07, 6.45) is 4.48. The van der Waals surface area contributed by atoms with Gasteiger partial charge in [0.15, 0.2) is 0 Å². The van der Waals surface area contributed by atoms with Crippen molar-refractivity contribution in [2.45, 2.75) is 31.7 Å². The second-order valence-electron chi connectivity index (χ2n) is 6.02. The van der Waals surface area contributed by atoms with E-state index in [1.54, 1.807) is 9.80 Å². The number of H-pyrrole nitrogens is 1. The molecule has 0 aromatic carbocycles. The van der Waals surface area contributed by atoms with Crippen LogP contribution >= 0.6 is 0 Å².